The Hall–Kier alpha value is -1.57. The van der Waals surface area contributed by atoms with E-state index in [0.717, 1.165) is 6.42 Å². The van der Waals surface area contributed by atoms with Crippen LogP contribution in [0.2, 0.25) is 0 Å². The van der Waals surface area contributed by atoms with Gasteiger partial charge in [0, 0.05) is 5.69 Å². The maximum Gasteiger partial charge on any atom is 0.0663 e. The SMILES string of the molecule is CCCCCc1nn(-c2ccccc2)c2c1CCCCC2. The normalized spacial score (nSPS) is 14.7. The topological polar surface area (TPSA) is 17.8 Å². The van der Waals surface area contributed by atoms with Crippen molar-refractivity contribution in [3.8, 4) is 5.69 Å². The van der Waals surface area contributed by atoms with Crippen LogP contribution in [-0.2, 0) is 19.3 Å². The zero-order valence-electron chi connectivity index (χ0n) is 13.1. The van der Waals surface area contributed by atoms with Gasteiger partial charge in [0.1, 0.15) is 0 Å². The summed E-state index contributed by atoms with van der Waals surface area (Å²) in [6, 6.07) is 10.6. The molecule has 1 aliphatic carbocycles. The molecule has 0 aliphatic heterocycles. The summed E-state index contributed by atoms with van der Waals surface area (Å²) in [6.45, 7) is 2.27. The molecule has 0 saturated heterocycles. The highest BCUT2D eigenvalue weighted by atomic mass is 15.3. The summed E-state index contributed by atoms with van der Waals surface area (Å²) in [4.78, 5) is 0. The van der Waals surface area contributed by atoms with Gasteiger partial charge in [0.25, 0.3) is 0 Å². The summed E-state index contributed by atoms with van der Waals surface area (Å²) >= 11 is 0. The van der Waals surface area contributed by atoms with Gasteiger partial charge in [0.05, 0.1) is 11.4 Å². The molecule has 0 N–H and O–H groups in total. The largest absolute Gasteiger partial charge is 0.237 e. The first kappa shape index (κ1) is 14.4. The number of aryl methyl sites for hydroxylation is 1. The molecule has 3 rings (SSSR count). The van der Waals surface area contributed by atoms with Crippen LogP contribution < -0.4 is 0 Å². The number of unbranched alkanes of at least 4 members (excludes halogenated alkanes) is 2. The van der Waals surface area contributed by atoms with Crippen molar-refractivity contribution in [3.05, 3.63) is 47.3 Å². The van der Waals surface area contributed by atoms with E-state index in [1.54, 1.807) is 5.56 Å². The van der Waals surface area contributed by atoms with E-state index in [2.05, 4.69) is 41.9 Å². The fourth-order valence-electron chi connectivity index (χ4n) is 3.38. The van der Waals surface area contributed by atoms with Crippen LogP contribution in [0.5, 0.6) is 0 Å². The van der Waals surface area contributed by atoms with Crippen LogP contribution in [0.4, 0.5) is 0 Å². The molecule has 1 heterocycles. The average molecular weight is 282 g/mol. The van der Waals surface area contributed by atoms with E-state index in [-0.39, 0.29) is 0 Å². The van der Waals surface area contributed by atoms with Gasteiger partial charge in [-0.2, -0.15) is 5.10 Å². The summed E-state index contributed by atoms with van der Waals surface area (Å²) in [5.41, 5.74) is 5.62. The standard InChI is InChI=1S/C19H26N2/c1-2-3-6-14-18-17-13-9-5-10-15-19(17)21(20-18)16-11-7-4-8-12-16/h4,7-8,11-12H,2-3,5-6,9-10,13-15H2,1H3. The second-order valence-electron chi connectivity index (χ2n) is 6.14. The van der Waals surface area contributed by atoms with E-state index in [9.17, 15) is 0 Å². The van der Waals surface area contributed by atoms with Crippen LogP contribution in [0, 0.1) is 0 Å². The Morgan fingerprint density at radius 2 is 1.81 bits per heavy atom. The molecule has 2 nitrogen and oxygen atoms in total. The van der Waals surface area contributed by atoms with Gasteiger partial charge in [-0.15, -0.1) is 0 Å². The van der Waals surface area contributed by atoms with E-state index in [1.807, 2.05) is 0 Å². The van der Waals surface area contributed by atoms with Gasteiger partial charge in [0.15, 0.2) is 0 Å². The minimum atomic E-state index is 1.15. The van der Waals surface area contributed by atoms with E-state index in [4.69, 9.17) is 5.10 Å². The lowest BCUT2D eigenvalue weighted by atomic mass is 10.0. The Labute approximate surface area is 128 Å². The van der Waals surface area contributed by atoms with Crippen LogP contribution >= 0.6 is 0 Å². The van der Waals surface area contributed by atoms with Crippen LogP contribution in [-0.4, -0.2) is 9.78 Å². The number of hydrogen-bond donors (Lipinski definition) is 0. The Balaban J connectivity index is 1.96. The lowest BCUT2D eigenvalue weighted by molar-refractivity contribution is 0.666. The second-order valence-corrected chi connectivity index (χ2v) is 6.14. The first-order valence-electron chi connectivity index (χ1n) is 8.55. The van der Waals surface area contributed by atoms with E-state index in [1.165, 1.54) is 68.4 Å². The highest BCUT2D eigenvalue weighted by Gasteiger charge is 2.19. The summed E-state index contributed by atoms with van der Waals surface area (Å²) in [5.74, 6) is 0. The number of hydrogen-bond acceptors (Lipinski definition) is 1. The zero-order chi connectivity index (χ0) is 14.5. The number of aromatic nitrogens is 2. The Bertz CT molecular complexity index is 569. The molecule has 0 bridgehead atoms. The Kier molecular flexibility index (Phi) is 4.74. The molecule has 0 saturated carbocycles. The molecule has 0 spiro atoms. The molecule has 0 atom stereocenters. The van der Waals surface area contributed by atoms with E-state index < -0.39 is 0 Å². The van der Waals surface area contributed by atoms with Crippen molar-refractivity contribution in [2.75, 3.05) is 0 Å². The van der Waals surface area contributed by atoms with Crippen molar-refractivity contribution in [1.29, 1.82) is 0 Å². The van der Waals surface area contributed by atoms with Gasteiger partial charge in [0.2, 0.25) is 0 Å². The van der Waals surface area contributed by atoms with Crippen molar-refractivity contribution in [2.45, 2.75) is 64.7 Å². The molecule has 0 fully saturated rings. The third-order valence-corrected chi connectivity index (χ3v) is 4.53. The fourth-order valence-corrected chi connectivity index (χ4v) is 3.38. The van der Waals surface area contributed by atoms with Gasteiger partial charge in [-0.25, -0.2) is 4.68 Å². The molecule has 1 aromatic carbocycles. The summed E-state index contributed by atoms with van der Waals surface area (Å²) in [7, 11) is 0. The smallest absolute Gasteiger partial charge is 0.0663 e. The Morgan fingerprint density at radius 1 is 1.00 bits per heavy atom. The predicted octanol–water partition coefficient (Wildman–Crippen LogP) is 4.87. The lowest BCUT2D eigenvalue weighted by Gasteiger charge is -2.07. The summed E-state index contributed by atoms with van der Waals surface area (Å²) in [5, 5.41) is 4.99. The van der Waals surface area contributed by atoms with Crippen molar-refractivity contribution >= 4 is 0 Å². The highest BCUT2D eigenvalue weighted by Crippen LogP contribution is 2.27. The van der Waals surface area contributed by atoms with Gasteiger partial charge in [-0.3, -0.25) is 0 Å². The molecule has 21 heavy (non-hydrogen) atoms. The molecule has 2 aromatic rings. The summed E-state index contributed by atoms with van der Waals surface area (Å²) < 4.78 is 2.22. The van der Waals surface area contributed by atoms with Crippen LogP contribution in [0.3, 0.4) is 0 Å². The number of para-hydroxylation sites is 1. The fraction of sp³-hybridized carbons (Fsp3) is 0.526. The highest BCUT2D eigenvalue weighted by molar-refractivity contribution is 5.38. The maximum absolute atomic E-state index is 4.99. The third kappa shape index (κ3) is 3.20. The molecule has 1 aromatic heterocycles. The Morgan fingerprint density at radius 3 is 2.62 bits per heavy atom. The van der Waals surface area contributed by atoms with Crippen LogP contribution in [0.25, 0.3) is 5.69 Å². The molecule has 0 radical (unpaired) electrons. The third-order valence-electron chi connectivity index (χ3n) is 4.53. The first-order valence-corrected chi connectivity index (χ1v) is 8.55. The molecule has 112 valence electrons. The second kappa shape index (κ2) is 6.93. The minimum absolute atomic E-state index is 1.15. The van der Waals surface area contributed by atoms with Crippen LogP contribution in [0.15, 0.2) is 30.3 Å². The number of fused-ring (bicyclic) bond motifs is 1. The van der Waals surface area contributed by atoms with Gasteiger partial charge in [-0.05, 0) is 56.2 Å². The van der Waals surface area contributed by atoms with Crippen molar-refractivity contribution < 1.29 is 0 Å². The number of benzene rings is 1. The van der Waals surface area contributed by atoms with Gasteiger partial charge >= 0.3 is 0 Å². The monoisotopic (exact) mass is 282 g/mol. The van der Waals surface area contributed by atoms with Crippen molar-refractivity contribution in [1.82, 2.24) is 9.78 Å². The molecule has 0 unspecified atom stereocenters. The zero-order valence-corrected chi connectivity index (χ0v) is 13.1. The molecule has 2 heteroatoms. The minimum Gasteiger partial charge on any atom is -0.237 e. The maximum atomic E-state index is 4.99. The molecular weight excluding hydrogens is 256 g/mol. The molecule has 1 aliphatic rings. The number of nitrogens with zero attached hydrogens (tertiary/aromatic N) is 2. The van der Waals surface area contributed by atoms with Gasteiger partial charge < -0.3 is 0 Å². The van der Waals surface area contributed by atoms with Crippen molar-refractivity contribution in [3.63, 3.8) is 0 Å². The molecule has 0 amide bonds. The van der Waals surface area contributed by atoms with E-state index in [0.29, 0.717) is 0 Å². The first-order chi connectivity index (χ1) is 10.4. The molecular formula is C19H26N2. The average Bonchev–Trinajstić information content (AvgIpc) is 2.71. The van der Waals surface area contributed by atoms with Gasteiger partial charge in [-0.1, -0.05) is 44.4 Å². The number of rotatable bonds is 5. The lowest BCUT2D eigenvalue weighted by Crippen LogP contribution is -2.02. The summed E-state index contributed by atoms with van der Waals surface area (Å²) in [6.07, 6.45) is 11.4. The van der Waals surface area contributed by atoms with Crippen LogP contribution in [0.1, 0.15) is 62.4 Å². The quantitative estimate of drug-likeness (QED) is 0.565. The van der Waals surface area contributed by atoms with Crippen molar-refractivity contribution in [2.24, 2.45) is 0 Å². The van der Waals surface area contributed by atoms with E-state index >= 15 is 0 Å². The predicted molar refractivity (Wildman–Crippen MR) is 88.1 cm³/mol.